The largest absolute Gasteiger partial charge is 0.338 e. The number of carbonyl (C=O) groups is 1. The van der Waals surface area contributed by atoms with Gasteiger partial charge in [-0.1, -0.05) is 53.7 Å². The molecule has 0 bridgehead atoms. The van der Waals surface area contributed by atoms with Crippen LogP contribution in [0, 0.1) is 5.92 Å². The lowest BCUT2D eigenvalue weighted by Crippen LogP contribution is -2.40. The predicted octanol–water partition coefficient (Wildman–Crippen LogP) is 3.51. The van der Waals surface area contributed by atoms with Crippen LogP contribution < -0.4 is 5.32 Å². The summed E-state index contributed by atoms with van der Waals surface area (Å²) in [4.78, 5) is 19.3. The van der Waals surface area contributed by atoms with Crippen LogP contribution in [0.2, 0.25) is 0 Å². The maximum absolute atomic E-state index is 12.6. The van der Waals surface area contributed by atoms with Crippen molar-refractivity contribution in [1.29, 1.82) is 0 Å². The van der Waals surface area contributed by atoms with Gasteiger partial charge < -0.3 is 9.84 Å². The first-order chi connectivity index (χ1) is 13.8. The quantitative estimate of drug-likeness (QED) is 0.713. The molecule has 1 amide bonds. The molecule has 1 atom stereocenters. The number of para-hydroxylation sites is 1. The normalized spacial score (nSPS) is 17.4. The van der Waals surface area contributed by atoms with E-state index in [1.54, 1.807) is 0 Å². The molecule has 2 heterocycles. The van der Waals surface area contributed by atoms with E-state index in [4.69, 9.17) is 4.52 Å². The predicted molar refractivity (Wildman–Crippen MR) is 107 cm³/mol. The van der Waals surface area contributed by atoms with Crippen molar-refractivity contribution in [2.75, 3.05) is 18.4 Å². The van der Waals surface area contributed by atoms with Crippen LogP contribution >= 0.6 is 0 Å². The van der Waals surface area contributed by atoms with Crippen LogP contribution in [0.3, 0.4) is 0 Å². The first kappa shape index (κ1) is 18.4. The summed E-state index contributed by atoms with van der Waals surface area (Å²) >= 11 is 0. The van der Waals surface area contributed by atoms with Crippen molar-refractivity contribution in [1.82, 2.24) is 15.0 Å². The Bertz CT molecular complexity index is 895. The number of benzene rings is 2. The number of carbonyl (C=O) groups excluding carboxylic acids is 1. The third kappa shape index (κ3) is 4.84. The first-order valence-corrected chi connectivity index (χ1v) is 9.70. The zero-order valence-corrected chi connectivity index (χ0v) is 15.8. The second-order valence-corrected chi connectivity index (χ2v) is 7.20. The van der Waals surface area contributed by atoms with Gasteiger partial charge in [-0.25, -0.2) is 0 Å². The van der Waals surface area contributed by atoms with Crippen LogP contribution in [0.5, 0.6) is 0 Å². The summed E-state index contributed by atoms with van der Waals surface area (Å²) < 4.78 is 5.43. The second kappa shape index (κ2) is 8.80. The lowest BCUT2D eigenvalue weighted by atomic mass is 9.97. The molecular formula is C22H24N4O2. The molecule has 4 rings (SSSR count). The van der Waals surface area contributed by atoms with Gasteiger partial charge in [0, 0.05) is 18.7 Å². The van der Waals surface area contributed by atoms with Crippen molar-refractivity contribution < 1.29 is 9.32 Å². The molecule has 1 fully saturated rings. The number of amides is 1. The van der Waals surface area contributed by atoms with Crippen molar-refractivity contribution in [3.05, 3.63) is 77.9 Å². The Morgan fingerprint density at radius 2 is 1.86 bits per heavy atom. The lowest BCUT2D eigenvalue weighted by molar-refractivity contribution is -0.121. The van der Waals surface area contributed by atoms with Gasteiger partial charge in [0.15, 0.2) is 5.82 Å². The molecule has 3 aromatic rings. The average molecular weight is 376 g/mol. The minimum atomic E-state index is -0.0272. The molecule has 1 aliphatic heterocycles. The Hall–Kier alpha value is -2.99. The number of nitrogens with zero attached hydrogens (tertiary/aromatic N) is 3. The monoisotopic (exact) mass is 376 g/mol. The third-order valence-corrected chi connectivity index (χ3v) is 4.99. The summed E-state index contributed by atoms with van der Waals surface area (Å²) in [6.45, 7) is 2.22. The molecule has 1 aromatic heterocycles. The van der Waals surface area contributed by atoms with Crippen LogP contribution in [0.25, 0.3) is 0 Å². The maximum atomic E-state index is 12.6. The van der Waals surface area contributed by atoms with E-state index < -0.39 is 0 Å². The summed E-state index contributed by atoms with van der Waals surface area (Å²) in [5.74, 6) is 1.35. The fourth-order valence-electron chi connectivity index (χ4n) is 3.57. The fraction of sp³-hybridized carbons (Fsp3) is 0.318. The number of hydrogen-bond acceptors (Lipinski definition) is 5. The zero-order chi connectivity index (χ0) is 19.2. The molecule has 0 spiro atoms. The summed E-state index contributed by atoms with van der Waals surface area (Å²) in [5.41, 5.74) is 2.00. The van der Waals surface area contributed by atoms with Gasteiger partial charge in [0.05, 0.1) is 12.5 Å². The fourth-order valence-corrected chi connectivity index (χ4v) is 3.57. The van der Waals surface area contributed by atoms with E-state index in [9.17, 15) is 4.79 Å². The molecule has 144 valence electrons. The molecule has 1 N–H and O–H groups in total. The topological polar surface area (TPSA) is 71.3 Å². The summed E-state index contributed by atoms with van der Waals surface area (Å²) in [6.07, 6.45) is 2.54. The molecule has 28 heavy (non-hydrogen) atoms. The number of anilines is 1. The number of piperidine rings is 1. The van der Waals surface area contributed by atoms with E-state index in [1.165, 1.54) is 0 Å². The van der Waals surface area contributed by atoms with Crippen molar-refractivity contribution in [3.8, 4) is 0 Å². The highest BCUT2D eigenvalue weighted by Crippen LogP contribution is 2.20. The van der Waals surface area contributed by atoms with Crippen molar-refractivity contribution in [2.24, 2.45) is 5.92 Å². The van der Waals surface area contributed by atoms with Gasteiger partial charge in [-0.15, -0.1) is 0 Å². The molecule has 0 radical (unpaired) electrons. The standard InChI is InChI=1S/C22H24N4O2/c27-22(23-19-11-5-2-6-12-19)18-10-7-13-26(15-18)16-21-24-20(25-28-21)14-17-8-3-1-4-9-17/h1-6,8-9,11-12,18H,7,10,13-16H2,(H,23,27). The Labute approximate surface area is 164 Å². The number of likely N-dealkylation sites (tertiary alicyclic amines) is 1. The summed E-state index contributed by atoms with van der Waals surface area (Å²) in [6, 6.07) is 19.7. The van der Waals surface area contributed by atoms with Crippen LogP contribution in [0.1, 0.15) is 30.1 Å². The van der Waals surface area contributed by atoms with E-state index in [1.807, 2.05) is 48.5 Å². The molecule has 6 heteroatoms. The molecule has 1 saturated heterocycles. The second-order valence-electron chi connectivity index (χ2n) is 7.20. The van der Waals surface area contributed by atoms with E-state index in [2.05, 4.69) is 32.5 Å². The Kier molecular flexibility index (Phi) is 5.77. The number of hydrogen-bond donors (Lipinski definition) is 1. The smallest absolute Gasteiger partial charge is 0.240 e. The molecule has 0 aliphatic carbocycles. The summed E-state index contributed by atoms with van der Waals surface area (Å²) in [7, 11) is 0. The maximum Gasteiger partial charge on any atom is 0.240 e. The Balaban J connectivity index is 1.32. The van der Waals surface area contributed by atoms with E-state index in [0.717, 1.165) is 30.6 Å². The zero-order valence-electron chi connectivity index (χ0n) is 15.8. The van der Waals surface area contributed by atoms with Gasteiger partial charge in [0.1, 0.15) is 0 Å². The van der Waals surface area contributed by atoms with Gasteiger partial charge in [0.2, 0.25) is 11.8 Å². The lowest BCUT2D eigenvalue weighted by Gasteiger charge is -2.30. The number of nitrogens with one attached hydrogen (secondary N) is 1. The highest BCUT2D eigenvalue weighted by atomic mass is 16.5. The SMILES string of the molecule is O=C(Nc1ccccc1)C1CCCN(Cc2nc(Cc3ccccc3)no2)C1. The van der Waals surface area contributed by atoms with Crippen LogP contribution in [-0.4, -0.2) is 34.0 Å². The summed E-state index contributed by atoms with van der Waals surface area (Å²) in [5, 5.41) is 7.11. The minimum absolute atomic E-state index is 0.0272. The van der Waals surface area contributed by atoms with Crippen LogP contribution in [0.15, 0.2) is 65.2 Å². The number of rotatable bonds is 6. The van der Waals surface area contributed by atoms with Crippen molar-refractivity contribution in [3.63, 3.8) is 0 Å². The number of aromatic nitrogens is 2. The molecule has 6 nitrogen and oxygen atoms in total. The van der Waals surface area contributed by atoms with E-state index >= 15 is 0 Å². The van der Waals surface area contributed by atoms with Crippen LogP contribution in [-0.2, 0) is 17.8 Å². The highest BCUT2D eigenvalue weighted by molar-refractivity contribution is 5.92. The van der Waals surface area contributed by atoms with Gasteiger partial charge in [-0.2, -0.15) is 4.98 Å². The van der Waals surface area contributed by atoms with Gasteiger partial charge >= 0.3 is 0 Å². The van der Waals surface area contributed by atoms with Crippen molar-refractivity contribution >= 4 is 11.6 Å². The Morgan fingerprint density at radius 1 is 1.11 bits per heavy atom. The van der Waals surface area contributed by atoms with Gasteiger partial charge in [-0.3, -0.25) is 9.69 Å². The molecular weight excluding hydrogens is 352 g/mol. The van der Waals surface area contributed by atoms with Gasteiger partial charge in [0.25, 0.3) is 0 Å². The molecule has 1 unspecified atom stereocenters. The molecule has 2 aromatic carbocycles. The van der Waals surface area contributed by atoms with E-state index in [-0.39, 0.29) is 11.8 Å². The van der Waals surface area contributed by atoms with Gasteiger partial charge in [-0.05, 0) is 37.1 Å². The van der Waals surface area contributed by atoms with Crippen molar-refractivity contribution in [2.45, 2.75) is 25.8 Å². The highest BCUT2D eigenvalue weighted by Gasteiger charge is 2.27. The third-order valence-electron chi connectivity index (χ3n) is 4.99. The van der Waals surface area contributed by atoms with E-state index in [0.29, 0.717) is 31.2 Å². The Morgan fingerprint density at radius 3 is 2.64 bits per heavy atom. The van der Waals surface area contributed by atoms with Crippen LogP contribution in [0.4, 0.5) is 5.69 Å². The first-order valence-electron chi connectivity index (χ1n) is 9.70. The molecule has 0 saturated carbocycles. The minimum Gasteiger partial charge on any atom is -0.338 e. The average Bonchev–Trinajstić information content (AvgIpc) is 3.16. The molecule has 1 aliphatic rings.